The zero-order valence-corrected chi connectivity index (χ0v) is 11.6. The summed E-state index contributed by atoms with van der Waals surface area (Å²) in [6.45, 7) is -0.144. The molecule has 0 spiro atoms. The number of carbonyl (C=O) groups excluding carboxylic acids is 1. The Morgan fingerprint density at radius 1 is 1.20 bits per heavy atom. The van der Waals surface area contributed by atoms with Crippen LogP contribution >= 0.6 is 11.6 Å². The number of hydrogen-bond donors (Lipinski definition) is 1. The van der Waals surface area contributed by atoms with Gasteiger partial charge in [-0.2, -0.15) is 0 Å². The van der Waals surface area contributed by atoms with E-state index in [0.29, 0.717) is 22.5 Å². The minimum atomic E-state index is -0.328. The summed E-state index contributed by atoms with van der Waals surface area (Å²) in [6.07, 6.45) is 0. The molecule has 0 saturated heterocycles. The number of para-hydroxylation sites is 2. The molecule has 6 heteroatoms. The summed E-state index contributed by atoms with van der Waals surface area (Å²) in [6, 6.07) is 12.1. The summed E-state index contributed by atoms with van der Waals surface area (Å²) in [7, 11) is 1.54. The van der Waals surface area contributed by atoms with Gasteiger partial charge in [0.2, 0.25) is 0 Å². The first-order chi connectivity index (χ1) is 9.69. The lowest BCUT2D eigenvalue weighted by Gasteiger charge is -2.10. The monoisotopic (exact) mass is 292 g/mol. The van der Waals surface area contributed by atoms with Gasteiger partial charge in [-0.3, -0.25) is 4.79 Å². The number of hydrogen-bond acceptors (Lipinski definition) is 4. The SMILES string of the molecule is COc1ccccc1OCC(=O)Nc1cccc(Cl)n1. The summed E-state index contributed by atoms with van der Waals surface area (Å²) < 4.78 is 10.5. The maximum atomic E-state index is 11.7. The van der Waals surface area contributed by atoms with Gasteiger partial charge in [0.15, 0.2) is 18.1 Å². The molecule has 2 aromatic rings. The number of methoxy groups -OCH3 is 1. The molecule has 1 heterocycles. The molecule has 0 saturated carbocycles. The number of anilines is 1. The van der Waals surface area contributed by atoms with E-state index in [-0.39, 0.29) is 12.5 Å². The van der Waals surface area contributed by atoms with E-state index in [1.165, 1.54) is 7.11 Å². The lowest BCUT2D eigenvalue weighted by molar-refractivity contribution is -0.118. The van der Waals surface area contributed by atoms with Gasteiger partial charge in [-0.1, -0.05) is 29.8 Å². The number of carbonyl (C=O) groups is 1. The van der Waals surface area contributed by atoms with Crippen LogP contribution in [0.2, 0.25) is 5.15 Å². The van der Waals surface area contributed by atoms with Crippen molar-refractivity contribution < 1.29 is 14.3 Å². The van der Waals surface area contributed by atoms with E-state index in [1.54, 1.807) is 36.4 Å². The van der Waals surface area contributed by atoms with Crippen molar-refractivity contribution in [1.29, 1.82) is 0 Å². The third-order valence-corrected chi connectivity index (χ3v) is 2.62. The highest BCUT2D eigenvalue weighted by molar-refractivity contribution is 6.29. The maximum Gasteiger partial charge on any atom is 0.263 e. The molecule has 0 bridgehead atoms. The molecule has 0 aliphatic rings. The van der Waals surface area contributed by atoms with Crippen LogP contribution in [0.5, 0.6) is 11.5 Å². The standard InChI is InChI=1S/C14H13ClN2O3/c1-19-10-5-2-3-6-11(10)20-9-14(18)17-13-8-4-7-12(15)16-13/h2-8H,9H2,1H3,(H,16,17,18). The number of halogens is 1. The van der Waals surface area contributed by atoms with Gasteiger partial charge in [-0.05, 0) is 24.3 Å². The molecular weight excluding hydrogens is 280 g/mol. The zero-order valence-electron chi connectivity index (χ0n) is 10.8. The normalized spacial score (nSPS) is 9.90. The van der Waals surface area contributed by atoms with Crippen molar-refractivity contribution in [2.45, 2.75) is 0 Å². The van der Waals surface area contributed by atoms with Crippen molar-refractivity contribution in [3.8, 4) is 11.5 Å². The van der Waals surface area contributed by atoms with Gasteiger partial charge in [0, 0.05) is 0 Å². The van der Waals surface area contributed by atoms with Gasteiger partial charge in [-0.25, -0.2) is 4.98 Å². The summed E-state index contributed by atoms with van der Waals surface area (Å²) in [4.78, 5) is 15.7. The number of aromatic nitrogens is 1. The molecule has 0 aliphatic carbocycles. The molecule has 1 N–H and O–H groups in total. The Morgan fingerprint density at radius 2 is 1.95 bits per heavy atom. The van der Waals surface area contributed by atoms with Gasteiger partial charge in [0.1, 0.15) is 11.0 Å². The lowest BCUT2D eigenvalue weighted by atomic mass is 10.3. The van der Waals surface area contributed by atoms with Gasteiger partial charge in [0.05, 0.1) is 7.11 Å². The first-order valence-corrected chi connectivity index (χ1v) is 6.25. The molecule has 0 aliphatic heterocycles. The summed E-state index contributed by atoms with van der Waals surface area (Å²) >= 11 is 5.73. The highest BCUT2D eigenvalue weighted by atomic mass is 35.5. The molecule has 0 unspecified atom stereocenters. The predicted octanol–water partition coefficient (Wildman–Crippen LogP) is 2.76. The largest absolute Gasteiger partial charge is 0.493 e. The van der Waals surface area contributed by atoms with Crippen LogP contribution in [0.15, 0.2) is 42.5 Å². The number of benzene rings is 1. The van der Waals surface area contributed by atoms with E-state index < -0.39 is 0 Å². The summed E-state index contributed by atoms with van der Waals surface area (Å²) in [5.74, 6) is 1.13. The molecule has 1 aromatic carbocycles. The molecule has 0 fully saturated rings. The minimum Gasteiger partial charge on any atom is -0.493 e. The van der Waals surface area contributed by atoms with E-state index in [4.69, 9.17) is 21.1 Å². The quantitative estimate of drug-likeness (QED) is 0.861. The number of ether oxygens (including phenoxy) is 2. The molecule has 0 radical (unpaired) electrons. The Morgan fingerprint density at radius 3 is 2.65 bits per heavy atom. The smallest absolute Gasteiger partial charge is 0.263 e. The van der Waals surface area contributed by atoms with E-state index in [9.17, 15) is 4.79 Å². The van der Waals surface area contributed by atoms with Crippen LogP contribution in [0.3, 0.4) is 0 Å². The molecule has 5 nitrogen and oxygen atoms in total. The average Bonchev–Trinajstić information content (AvgIpc) is 2.45. The fourth-order valence-corrected chi connectivity index (χ4v) is 1.70. The van der Waals surface area contributed by atoms with Crippen LogP contribution in [0.4, 0.5) is 5.82 Å². The van der Waals surface area contributed by atoms with Crippen LogP contribution in [0.25, 0.3) is 0 Å². The van der Waals surface area contributed by atoms with E-state index in [2.05, 4.69) is 10.3 Å². The molecule has 20 heavy (non-hydrogen) atoms. The van der Waals surface area contributed by atoms with Crippen LogP contribution < -0.4 is 14.8 Å². The number of amides is 1. The molecule has 1 aromatic heterocycles. The summed E-state index contributed by atoms with van der Waals surface area (Å²) in [5.41, 5.74) is 0. The third kappa shape index (κ3) is 3.86. The van der Waals surface area contributed by atoms with Crippen molar-refractivity contribution in [3.63, 3.8) is 0 Å². The maximum absolute atomic E-state index is 11.7. The Bertz CT molecular complexity index is 604. The van der Waals surface area contributed by atoms with Crippen LogP contribution in [-0.4, -0.2) is 24.6 Å². The first kappa shape index (κ1) is 14.1. The van der Waals surface area contributed by atoms with Crippen LogP contribution in [0, 0.1) is 0 Å². The predicted molar refractivity (Wildman–Crippen MR) is 76.4 cm³/mol. The third-order valence-electron chi connectivity index (χ3n) is 2.41. The molecule has 1 amide bonds. The molecule has 2 rings (SSSR count). The number of rotatable bonds is 5. The van der Waals surface area contributed by atoms with E-state index in [1.807, 2.05) is 6.07 Å². The molecule has 104 valence electrons. The topological polar surface area (TPSA) is 60.5 Å². The Hall–Kier alpha value is -2.27. The second-order valence-electron chi connectivity index (χ2n) is 3.83. The number of nitrogens with one attached hydrogen (secondary N) is 1. The van der Waals surface area contributed by atoms with Gasteiger partial charge < -0.3 is 14.8 Å². The molecule has 0 atom stereocenters. The number of pyridine rings is 1. The summed E-state index contributed by atoms with van der Waals surface area (Å²) in [5, 5.41) is 2.90. The fraction of sp³-hybridized carbons (Fsp3) is 0.143. The van der Waals surface area contributed by atoms with Gasteiger partial charge in [-0.15, -0.1) is 0 Å². The second-order valence-corrected chi connectivity index (χ2v) is 4.22. The van der Waals surface area contributed by atoms with Gasteiger partial charge in [0.25, 0.3) is 5.91 Å². The molecular formula is C14H13ClN2O3. The number of nitrogens with zero attached hydrogens (tertiary/aromatic N) is 1. The van der Waals surface area contributed by atoms with Crippen molar-refractivity contribution >= 4 is 23.3 Å². The lowest BCUT2D eigenvalue weighted by Crippen LogP contribution is -2.20. The van der Waals surface area contributed by atoms with Crippen molar-refractivity contribution in [2.24, 2.45) is 0 Å². The van der Waals surface area contributed by atoms with E-state index >= 15 is 0 Å². The van der Waals surface area contributed by atoms with Crippen LogP contribution in [0.1, 0.15) is 0 Å². The Kier molecular flexibility index (Phi) is 4.79. The van der Waals surface area contributed by atoms with Crippen molar-refractivity contribution in [2.75, 3.05) is 19.0 Å². The van der Waals surface area contributed by atoms with Gasteiger partial charge >= 0.3 is 0 Å². The van der Waals surface area contributed by atoms with Crippen molar-refractivity contribution in [3.05, 3.63) is 47.6 Å². The first-order valence-electron chi connectivity index (χ1n) is 5.87. The van der Waals surface area contributed by atoms with Crippen LogP contribution in [-0.2, 0) is 4.79 Å². The minimum absolute atomic E-state index is 0.144. The van der Waals surface area contributed by atoms with E-state index in [0.717, 1.165) is 0 Å². The Labute approximate surface area is 121 Å². The fourth-order valence-electron chi connectivity index (χ4n) is 1.54. The highest BCUT2D eigenvalue weighted by Crippen LogP contribution is 2.25. The second kappa shape index (κ2) is 6.77. The Balaban J connectivity index is 1.92. The average molecular weight is 293 g/mol. The highest BCUT2D eigenvalue weighted by Gasteiger charge is 2.07. The zero-order chi connectivity index (χ0) is 14.4. The van der Waals surface area contributed by atoms with Crippen molar-refractivity contribution in [1.82, 2.24) is 4.98 Å².